The molecule has 108 valence electrons. The fraction of sp³-hybridized carbons (Fsp3) is 0.500. The fourth-order valence-electron chi connectivity index (χ4n) is 1.54. The Morgan fingerprint density at radius 3 is 2.68 bits per heavy atom. The first kappa shape index (κ1) is 15.7. The summed E-state index contributed by atoms with van der Waals surface area (Å²) in [6, 6.07) is 4.31. The smallest absolute Gasteiger partial charge is 0.240 e. The molecule has 0 aliphatic carbocycles. The zero-order valence-electron chi connectivity index (χ0n) is 11.1. The first-order valence-electron chi connectivity index (χ1n) is 5.94. The van der Waals surface area contributed by atoms with Crippen molar-refractivity contribution in [1.82, 2.24) is 4.72 Å². The average Bonchev–Trinajstić information content (AvgIpc) is 2.37. The summed E-state index contributed by atoms with van der Waals surface area (Å²) >= 11 is 0. The van der Waals surface area contributed by atoms with Crippen LogP contribution in [-0.4, -0.2) is 33.8 Å². The summed E-state index contributed by atoms with van der Waals surface area (Å²) in [5.74, 6) is 0.503. The van der Waals surface area contributed by atoms with Crippen molar-refractivity contribution >= 4 is 15.7 Å². The second-order valence-electron chi connectivity index (χ2n) is 4.37. The third-order valence-corrected chi connectivity index (χ3v) is 4.18. The molecule has 0 saturated carbocycles. The Morgan fingerprint density at radius 1 is 1.47 bits per heavy atom. The van der Waals surface area contributed by atoms with Gasteiger partial charge in [0.05, 0.1) is 17.7 Å². The van der Waals surface area contributed by atoms with Gasteiger partial charge in [-0.3, -0.25) is 0 Å². The fourth-order valence-corrected chi connectivity index (χ4v) is 2.74. The number of sulfonamides is 1. The van der Waals surface area contributed by atoms with Crippen LogP contribution in [0.5, 0.6) is 5.75 Å². The molecule has 0 fully saturated rings. The first-order valence-corrected chi connectivity index (χ1v) is 7.43. The van der Waals surface area contributed by atoms with E-state index in [4.69, 9.17) is 15.6 Å². The van der Waals surface area contributed by atoms with Crippen molar-refractivity contribution in [2.24, 2.45) is 5.92 Å². The van der Waals surface area contributed by atoms with Gasteiger partial charge in [-0.25, -0.2) is 13.1 Å². The van der Waals surface area contributed by atoms with Gasteiger partial charge < -0.3 is 15.6 Å². The molecule has 1 aromatic carbocycles. The highest BCUT2D eigenvalue weighted by Crippen LogP contribution is 2.24. The number of aliphatic hydroxyl groups excluding tert-OH is 1. The van der Waals surface area contributed by atoms with Crippen LogP contribution >= 0.6 is 0 Å². The Balaban J connectivity index is 2.80. The molecule has 19 heavy (non-hydrogen) atoms. The topological polar surface area (TPSA) is 102 Å². The number of hydrogen-bond acceptors (Lipinski definition) is 5. The molecule has 0 spiro atoms. The minimum atomic E-state index is -3.59. The van der Waals surface area contributed by atoms with Crippen LogP contribution in [0.2, 0.25) is 0 Å². The van der Waals surface area contributed by atoms with Gasteiger partial charge in [-0.2, -0.15) is 0 Å². The summed E-state index contributed by atoms with van der Waals surface area (Å²) in [7, 11) is -2.12. The first-order chi connectivity index (χ1) is 8.90. The summed E-state index contributed by atoms with van der Waals surface area (Å²) in [6.07, 6.45) is 0.549. The van der Waals surface area contributed by atoms with E-state index in [1.165, 1.54) is 25.3 Å². The number of hydrogen-bond donors (Lipinski definition) is 3. The van der Waals surface area contributed by atoms with Crippen molar-refractivity contribution in [3.05, 3.63) is 18.2 Å². The quantitative estimate of drug-likeness (QED) is 0.637. The SMILES string of the molecule is COc1ccc(S(=O)(=O)NCC(C)CCO)cc1N. The van der Waals surface area contributed by atoms with Crippen molar-refractivity contribution < 1.29 is 18.3 Å². The highest BCUT2D eigenvalue weighted by molar-refractivity contribution is 7.89. The standard InChI is InChI=1S/C12H20N2O4S/c1-9(5-6-15)8-14-19(16,17)10-3-4-12(18-2)11(13)7-10/h3-4,7,9,14-15H,5-6,8,13H2,1-2H3. The van der Waals surface area contributed by atoms with Crippen molar-refractivity contribution in [1.29, 1.82) is 0 Å². The summed E-state index contributed by atoms with van der Waals surface area (Å²) in [5.41, 5.74) is 5.95. The molecule has 1 rings (SSSR count). The Labute approximate surface area is 113 Å². The molecule has 0 saturated heterocycles. The van der Waals surface area contributed by atoms with Gasteiger partial charge in [0.25, 0.3) is 0 Å². The summed E-state index contributed by atoms with van der Waals surface area (Å²) in [5, 5.41) is 8.77. The van der Waals surface area contributed by atoms with Gasteiger partial charge in [0, 0.05) is 13.2 Å². The summed E-state index contributed by atoms with van der Waals surface area (Å²) in [4.78, 5) is 0.0991. The predicted molar refractivity (Wildman–Crippen MR) is 73.5 cm³/mol. The third-order valence-electron chi connectivity index (χ3n) is 2.76. The van der Waals surface area contributed by atoms with Gasteiger partial charge in [-0.1, -0.05) is 6.92 Å². The second kappa shape index (κ2) is 6.74. The third kappa shape index (κ3) is 4.38. The lowest BCUT2D eigenvalue weighted by Gasteiger charge is -2.12. The van der Waals surface area contributed by atoms with Gasteiger partial charge in [0.2, 0.25) is 10.0 Å². The average molecular weight is 288 g/mol. The van der Waals surface area contributed by atoms with Crippen molar-refractivity contribution in [2.75, 3.05) is 26.0 Å². The molecule has 0 bridgehead atoms. The van der Waals surface area contributed by atoms with E-state index in [-0.39, 0.29) is 29.7 Å². The largest absolute Gasteiger partial charge is 0.495 e. The highest BCUT2D eigenvalue weighted by Gasteiger charge is 2.16. The molecule has 0 aromatic heterocycles. The van der Waals surface area contributed by atoms with Crippen LogP contribution in [0.25, 0.3) is 0 Å². The van der Waals surface area contributed by atoms with Crippen LogP contribution in [-0.2, 0) is 10.0 Å². The molecule has 7 heteroatoms. The minimum absolute atomic E-state index is 0.0401. The Bertz CT molecular complexity index is 516. The zero-order valence-corrected chi connectivity index (χ0v) is 11.9. The van der Waals surface area contributed by atoms with E-state index in [1.807, 2.05) is 6.92 Å². The maximum Gasteiger partial charge on any atom is 0.240 e. The Hall–Kier alpha value is -1.31. The molecule has 1 unspecified atom stereocenters. The lowest BCUT2D eigenvalue weighted by Crippen LogP contribution is -2.28. The number of nitrogens with two attached hydrogens (primary N) is 1. The number of methoxy groups -OCH3 is 1. The van der Waals surface area contributed by atoms with Crippen molar-refractivity contribution in [2.45, 2.75) is 18.2 Å². The summed E-state index contributed by atoms with van der Waals surface area (Å²) < 4.78 is 31.5. The molecule has 6 nitrogen and oxygen atoms in total. The van der Waals surface area contributed by atoms with Crippen LogP contribution in [0.15, 0.2) is 23.1 Å². The molecule has 1 aromatic rings. The second-order valence-corrected chi connectivity index (χ2v) is 6.14. The molecule has 1 atom stereocenters. The number of rotatable bonds is 7. The van der Waals surface area contributed by atoms with E-state index in [2.05, 4.69) is 4.72 Å². The Kier molecular flexibility index (Phi) is 5.59. The van der Waals surface area contributed by atoms with Crippen molar-refractivity contribution in [3.8, 4) is 5.75 Å². The molecule has 4 N–H and O–H groups in total. The number of anilines is 1. The van der Waals surface area contributed by atoms with E-state index in [0.29, 0.717) is 12.2 Å². The van der Waals surface area contributed by atoms with E-state index >= 15 is 0 Å². The van der Waals surface area contributed by atoms with Crippen LogP contribution < -0.4 is 15.2 Å². The number of ether oxygens (including phenoxy) is 1. The van der Waals surface area contributed by atoms with Gasteiger partial charge in [0.15, 0.2) is 0 Å². The van der Waals surface area contributed by atoms with Gasteiger partial charge in [-0.15, -0.1) is 0 Å². The predicted octanol–water partition coefficient (Wildman–Crippen LogP) is 0.574. The normalized spacial score (nSPS) is 13.2. The molecule has 0 amide bonds. The number of aliphatic hydroxyl groups is 1. The van der Waals surface area contributed by atoms with Crippen LogP contribution in [0.1, 0.15) is 13.3 Å². The minimum Gasteiger partial charge on any atom is -0.495 e. The molecule has 0 heterocycles. The van der Waals surface area contributed by atoms with Crippen molar-refractivity contribution in [3.63, 3.8) is 0 Å². The van der Waals surface area contributed by atoms with E-state index in [9.17, 15) is 8.42 Å². The lowest BCUT2D eigenvalue weighted by atomic mass is 10.1. The number of nitrogens with one attached hydrogen (secondary N) is 1. The monoisotopic (exact) mass is 288 g/mol. The van der Waals surface area contributed by atoms with E-state index < -0.39 is 10.0 Å². The lowest BCUT2D eigenvalue weighted by molar-refractivity contribution is 0.263. The highest BCUT2D eigenvalue weighted by atomic mass is 32.2. The van der Waals surface area contributed by atoms with Gasteiger partial charge >= 0.3 is 0 Å². The molecule has 0 radical (unpaired) electrons. The molecular weight excluding hydrogens is 268 g/mol. The molecule has 0 aliphatic heterocycles. The number of benzene rings is 1. The Morgan fingerprint density at radius 2 is 2.16 bits per heavy atom. The maximum atomic E-state index is 12.0. The van der Waals surface area contributed by atoms with E-state index in [0.717, 1.165) is 0 Å². The van der Waals surface area contributed by atoms with Crippen LogP contribution in [0.4, 0.5) is 5.69 Å². The zero-order chi connectivity index (χ0) is 14.5. The maximum absolute atomic E-state index is 12.0. The van der Waals surface area contributed by atoms with Crippen LogP contribution in [0, 0.1) is 5.92 Å². The van der Waals surface area contributed by atoms with E-state index in [1.54, 1.807) is 0 Å². The van der Waals surface area contributed by atoms with Gasteiger partial charge in [-0.05, 0) is 30.5 Å². The number of nitrogen functional groups attached to an aromatic ring is 1. The molecule has 0 aliphatic rings. The van der Waals surface area contributed by atoms with Gasteiger partial charge in [0.1, 0.15) is 5.75 Å². The summed E-state index contributed by atoms with van der Waals surface area (Å²) in [6.45, 7) is 2.17. The van der Waals surface area contributed by atoms with Crippen LogP contribution in [0.3, 0.4) is 0 Å². The molecular formula is C12H20N2O4S.